The molecular formula is C10H13F10N. The Morgan fingerprint density at radius 1 is 0.667 bits per heavy atom. The molecule has 0 unspecified atom stereocenters. The molecule has 0 fully saturated rings. The number of halogens is 10. The van der Waals surface area contributed by atoms with E-state index in [1.807, 2.05) is 5.32 Å². The first-order valence-electron chi connectivity index (χ1n) is 5.65. The van der Waals surface area contributed by atoms with Crippen LogP contribution in [0.3, 0.4) is 0 Å². The summed E-state index contributed by atoms with van der Waals surface area (Å²) >= 11 is 0. The van der Waals surface area contributed by atoms with E-state index >= 15 is 0 Å². The lowest BCUT2D eigenvalue weighted by molar-refractivity contribution is -0.298. The summed E-state index contributed by atoms with van der Waals surface area (Å²) in [5, 5.41) is 1.88. The predicted molar refractivity (Wildman–Crippen MR) is 53.3 cm³/mol. The Hall–Kier alpha value is -0.740. The average molecular weight is 337 g/mol. The third kappa shape index (κ3) is 5.87. The van der Waals surface area contributed by atoms with Gasteiger partial charge in [-0.3, -0.25) is 0 Å². The van der Waals surface area contributed by atoms with Crippen LogP contribution in [0.5, 0.6) is 0 Å². The number of rotatable bonds is 6. The monoisotopic (exact) mass is 337 g/mol. The van der Waals surface area contributed by atoms with Gasteiger partial charge in [-0.2, -0.15) is 43.9 Å². The molecule has 0 atom stereocenters. The van der Waals surface area contributed by atoms with Crippen LogP contribution >= 0.6 is 0 Å². The molecule has 0 aromatic heterocycles. The third-order valence-corrected chi connectivity index (χ3v) is 2.40. The summed E-state index contributed by atoms with van der Waals surface area (Å²) in [6.07, 6.45) is -16.5. The van der Waals surface area contributed by atoms with Crippen LogP contribution in [0.1, 0.15) is 26.7 Å². The largest absolute Gasteiger partial charge is 0.453 e. The van der Waals surface area contributed by atoms with E-state index in [4.69, 9.17) is 0 Å². The summed E-state index contributed by atoms with van der Waals surface area (Å²) in [6.45, 7) is 2.43. The van der Waals surface area contributed by atoms with E-state index in [2.05, 4.69) is 0 Å². The van der Waals surface area contributed by atoms with Gasteiger partial charge in [0.15, 0.2) is 0 Å². The van der Waals surface area contributed by atoms with Crippen LogP contribution in [0, 0.1) is 0 Å². The maximum absolute atomic E-state index is 12.8. The second-order valence-corrected chi connectivity index (χ2v) is 4.83. The van der Waals surface area contributed by atoms with Crippen LogP contribution in [-0.4, -0.2) is 36.3 Å². The molecule has 21 heavy (non-hydrogen) atoms. The van der Waals surface area contributed by atoms with Crippen molar-refractivity contribution in [3.05, 3.63) is 0 Å². The van der Waals surface area contributed by atoms with Gasteiger partial charge in [-0.25, -0.2) is 0 Å². The fourth-order valence-corrected chi connectivity index (χ4v) is 1.51. The fraction of sp³-hybridized carbons (Fsp3) is 1.00. The zero-order valence-electron chi connectivity index (χ0n) is 10.8. The zero-order valence-corrected chi connectivity index (χ0v) is 10.8. The van der Waals surface area contributed by atoms with Crippen LogP contribution < -0.4 is 5.32 Å². The summed E-state index contributed by atoms with van der Waals surface area (Å²) in [4.78, 5) is 0. The molecule has 1 nitrogen and oxygen atoms in total. The van der Waals surface area contributed by atoms with E-state index in [0.717, 1.165) is 0 Å². The molecule has 0 aromatic rings. The fourth-order valence-electron chi connectivity index (χ4n) is 1.51. The molecular weight excluding hydrogens is 324 g/mol. The molecule has 0 aliphatic carbocycles. The lowest BCUT2D eigenvalue weighted by Crippen LogP contribution is -2.50. The van der Waals surface area contributed by atoms with Crippen molar-refractivity contribution in [3.63, 3.8) is 0 Å². The van der Waals surface area contributed by atoms with E-state index in [0.29, 0.717) is 0 Å². The van der Waals surface area contributed by atoms with Gasteiger partial charge in [0.1, 0.15) is 0 Å². The Labute approximate surface area is 113 Å². The first-order chi connectivity index (χ1) is 8.99. The van der Waals surface area contributed by atoms with Crippen molar-refractivity contribution in [1.82, 2.24) is 5.32 Å². The lowest BCUT2D eigenvalue weighted by atomic mass is 9.99. The molecule has 0 aromatic carbocycles. The second kappa shape index (κ2) is 6.17. The van der Waals surface area contributed by atoms with Gasteiger partial charge in [-0.15, -0.1) is 0 Å². The predicted octanol–water partition coefficient (Wildman–Crippen LogP) is 4.53. The van der Waals surface area contributed by atoms with Crippen molar-refractivity contribution in [1.29, 1.82) is 0 Å². The summed E-state index contributed by atoms with van der Waals surface area (Å²) in [5.74, 6) is -10.7. The molecule has 128 valence electrons. The van der Waals surface area contributed by atoms with Gasteiger partial charge in [0.25, 0.3) is 0 Å². The highest BCUT2D eigenvalue weighted by atomic mass is 19.4. The van der Waals surface area contributed by atoms with Crippen molar-refractivity contribution in [3.8, 4) is 0 Å². The van der Waals surface area contributed by atoms with Gasteiger partial charge in [0.05, 0.1) is 0 Å². The zero-order chi connectivity index (χ0) is 17.3. The highest BCUT2D eigenvalue weighted by Gasteiger charge is 2.62. The summed E-state index contributed by atoms with van der Waals surface area (Å²) in [5.41, 5.74) is 0. The minimum Gasteiger partial charge on any atom is -0.311 e. The Bertz CT molecular complexity index is 302. The van der Waals surface area contributed by atoms with Crippen molar-refractivity contribution in [2.45, 2.75) is 63.0 Å². The standard InChI is InChI=1S/C10H13F10N/c1-5(2)21-6(3-7(11,12)9(15,16)17)4-8(13,14)10(18,19)20/h5-6,21H,3-4H2,1-2H3. The maximum Gasteiger partial charge on any atom is 0.453 e. The molecule has 0 radical (unpaired) electrons. The van der Waals surface area contributed by atoms with Crippen molar-refractivity contribution < 1.29 is 43.9 Å². The number of alkyl halides is 10. The van der Waals surface area contributed by atoms with Gasteiger partial charge in [0.2, 0.25) is 0 Å². The van der Waals surface area contributed by atoms with Crippen LogP contribution in [0.25, 0.3) is 0 Å². The average Bonchev–Trinajstić information content (AvgIpc) is 2.09. The maximum atomic E-state index is 12.8. The summed E-state index contributed by atoms with van der Waals surface area (Å²) < 4.78 is 123. The SMILES string of the molecule is CC(C)NC(CC(F)(F)C(F)(F)F)CC(F)(F)C(F)(F)F. The van der Waals surface area contributed by atoms with E-state index in [-0.39, 0.29) is 0 Å². The first-order valence-corrected chi connectivity index (χ1v) is 5.65. The molecule has 0 amide bonds. The van der Waals surface area contributed by atoms with E-state index in [1.165, 1.54) is 13.8 Å². The minimum atomic E-state index is -6.03. The van der Waals surface area contributed by atoms with Gasteiger partial charge in [-0.1, -0.05) is 13.8 Å². The van der Waals surface area contributed by atoms with Gasteiger partial charge in [-0.05, 0) is 0 Å². The van der Waals surface area contributed by atoms with Gasteiger partial charge < -0.3 is 5.32 Å². The van der Waals surface area contributed by atoms with Crippen LogP contribution in [0.4, 0.5) is 43.9 Å². The van der Waals surface area contributed by atoms with Crippen LogP contribution in [-0.2, 0) is 0 Å². The molecule has 0 bridgehead atoms. The van der Waals surface area contributed by atoms with Crippen molar-refractivity contribution >= 4 is 0 Å². The van der Waals surface area contributed by atoms with Crippen molar-refractivity contribution in [2.75, 3.05) is 0 Å². The van der Waals surface area contributed by atoms with Crippen LogP contribution in [0.15, 0.2) is 0 Å². The Balaban J connectivity index is 5.16. The molecule has 0 saturated carbocycles. The molecule has 0 saturated heterocycles. The van der Waals surface area contributed by atoms with Gasteiger partial charge in [0, 0.05) is 24.9 Å². The summed E-state index contributed by atoms with van der Waals surface area (Å²) in [7, 11) is 0. The lowest BCUT2D eigenvalue weighted by Gasteiger charge is -2.30. The minimum absolute atomic E-state index is 0.858. The quantitative estimate of drug-likeness (QED) is 0.703. The topological polar surface area (TPSA) is 12.0 Å². The number of hydrogen-bond donors (Lipinski definition) is 1. The smallest absolute Gasteiger partial charge is 0.311 e. The second-order valence-electron chi connectivity index (χ2n) is 4.83. The molecule has 11 heteroatoms. The number of nitrogens with one attached hydrogen (secondary N) is 1. The highest BCUT2D eigenvalue weighted by molar-refractivity contribution is 4.89. The molecule has 0 rings (SSSR count). The number of hydrogen-bond acceptors (Lipinski definition) is 1. The summed E-state index contributed by atoms with van der Waals surface area (Å²) in [6, 6.07) is -3.22. The highest BCUT2D eigenvalue weighted by Crippen LogP contribution is 2.43. The van der Waals surface area contributed by atoms with Gasteiger partial charge >= 0.3 is 24.2 Å². The molecule has 0 aliphatic heterocycles. The van der Waals surface area contributed by atoms with E-state index < -0.39 is 49.1 Å². The normalized spacial score (nSPS) is 15.1. The molecule has 0 spiro atoms. The third-order valence-electron chi connectivity index (χ3n) is 2.40. The first kappa shape index (κ1) is 20.3. The van der Waals surface area contributed by atoms with E-state index in [1.54, 1.807) is 0 Å². The van der Waals surface area contributed by atoms with E-state index in [9.17, 15) is 43.9 Å². The Morgan fingerprint density at radius 2 is 0.952 bits per heavy atom. The van der Waals surface area contributed by atoms with Crippen molar-refractivity contribution in [2.24, 2.45) is 0 Å². The Morgan fingerprint density at radius 3 is 1.14 bits per heavy atom. The molecule has 0 heterocycles. The molecule has 1 N–H and O–H groups in total. The van der Waals surface area contributed by atoms with Crippen LogP contribution in [0.2, 0.25) is 0 Å². The molecule has 0 aliphatic rings. The Kier molecular flexibility index (Phi) is 5.95.